The van der Waals surface area contributed by atoms with Crippen molar-refractivity contribution in [3.8, 4) is 0 Å². The lowest BCUT2D eigenvalue weighted by molar-refractivity contribution is -0.118. The number of hydrogen-bond donors (Lipinski definition) is 1. The maximum absolute atomic E-state index is 13.9. The highest BCUT2D eigenvalue weighted by Crippen LogP contribution is 2.42. The number of hydrogen-bond acceptors (Lipinski definition) is 3. The van der Waals surface area contributed by atoms with E-state index < -0.39 is 32.1 Å². The number of rotatable bonds is 4. The van der Waals surface area contributed by atoms with E-state index in [2.05, 4.69) is 5.32 Å². The first-order chi connectivity index (χ1) is 12.7. The predicted octanol–water partition coefficient (Wildman–Crippen LogP) is 4.31. The molecule has 0 saturated heterocycles. The molecule has 27 heavy (non-hydrogen) atoms. The standard InChI is InChI=1S/C20H21F2NO3S/c1-13-5-7-16(11-14(13)2)27(25,26)20(9-3-4-10-20)19(24)23-18-8-6-15(21)12-17(18)22/h5-8,11-12H,3-4,9-10H2,1-2H3,(H,23,24). The number of benzene rings is 2. The van der Waals surface area contributed by atoms with E-state index in [0.29, 0.717) is 18.9 Å². The summed E-state index contributed by atoms with van der Waals surface area (Å²) in [5.74, 6) is -2.49. The molecule has 1 N–H and O–H groups in total. The Morgan fingerprint density at radius 1 is 1.00 bits per heavy atom. The number of carbonyl (C=O) groups is 1. The fourth-order valence-electron chi connectivity index (χ4n) is 3.50. The van der Waals surface area contributed by atoms with Gasteiger partial charge >= 0.3 is 0 Å². The number of nitrogens with one attached hydrogen (secondary N) is 1. The van der Waals surface area contributed by atoms with Crippen LogP contribution in [0.3, 0.4) is 0 Å². The normalized spacial score (nSPS) is 16.3. The zero-order chi connectivity index (χ0) is 19.8. The summed E-state index contributed by atoms with van der Waals surface area (Å²) >= 11 is 0. The molecule has 0 heterocycles. The second kappa shape index (κ2) is 7.03. The van der Waals surface area contributed by atoms with Crippen LogP contribution in [0.5, 0.6) is 0 Å². The zero-order valence-electron chi connectivity index (χ0n) is 15.2. The topological polar surface area (TPSA) is 63.2 Å². The maximum Gasteiger partial charge on any atom is 0.246 e. The van der Waals surface area contributed by atoms with Gasteiger partial charge in [0.25, 0.3) is 0 Å². The number of aryl methyl sites for hydroxylation is 2. The van der Waals surface area contributed by atoms with E-state index in [1.807, 2.05) is 13.8 Å². The van der Waals surface area contributed by atoms with Crippen LogP contribution in [-0.2, 0) is 14.6 Å². The van der Waals surface area contributed by atoms with Crippen LogP contribution in [0.15, 0.2) is 41.3 Å². The summed E-state index contributed by atoms with van der Waals surface area (Å²) in [5, 5.41) is 2.36. The van der Waals surface area contributed by atoms with Crippen molar-refractivity contribution in [1.29, 1.82) is 0 Å². The Hall–Kier alpha value is -2.28. The molecule has 4 nitrogen and oxygen atoms in total. The molecule has 0 radical (unpaired) electrons. The molecule has 0 unspecified atom stereocenters. The second-order valence-corrected chi connectivity index (χ2v) is 9.29. The summed E-state index contributed by atoms with van der Waals surface area (Å²) in [5.41, 5.74) is 1.53. The monoisotopic (exact) mass is 393 g/mol. The molecule has 2 aromatic carbocycles. The Labute approximate surface area is 157 Å². The van der Waals surface area contributed by atoms with Crippen LogP contribution in [0.4, 0.5) is 14.5 Å². The molecular formula is C20H21F2NO3S. The van der Waals surface area contributed by atoms with E-state index in [0.717, 1.165) is 23.3 Å². The van der Waals surface area contributed by atoms with E-state index in [-0.39, 0.29) is 23.4 Å². The number of amides is 1. The lowest BCUT2D eigenvalue weighted by Crippen LogP contribution is -2.47. The van der Waals surface area contributed by atoms with Crippen LogP contribution < -0.4 is 5.32 Å². The van der Waals surface area contributed by atoms with Crippen LogP contribution >= 0.6 is 0 Å². The Bertz CT molecular complexity index is 996. The fraction of sp³-hybridized carbons (Fsp3) is 0.350. The molecule has 1 fully saturated rings. The molecule has 0 spiro atoms. The van der Waals surface area contributed by atoms with Crippen molar-refractivity contribution in [3.05, 3.63) is 59.2 Å². The van der Waals surface area contributed by atoms with Gasteiger partial charge in [0.15, 0.2) is 14.6 Å². The van der Waals surface area contributed by atoms with Crippen LogP contribution in [0.2, 0.25) is 0 Å². The summed E-state index contributed by atoms with van der Waals surface area (Å²) in [7, 11) is -3.99. The SMILES string of the molecule is Cc1ccc(S(=O)(=O)C2(C(=O)Nc3ccc(F)cc3F)CCCC2)cc1C. The Balaban J connectivity index is 2.02. The van der Waals surface area contributed by atoms with Gasteiger partial charge in [0, 0.05) is 6.07 Å². The van der Waals surface area contributed by atoms with Crippen LogP contribution in [0.25, 0.3) is 0 Å². The summed E-state index contributed by atoms with van der Waals surface area (Å²) < 4.78 is 52.1. The summed E-state index contributed by atoms with van der Waals surface area (Å²) in [6, 6.07) is 7.53. The average Bonchev–Trinajstić information content (AvgIpc) is 3.11. The van der Waals surface area contributed by atoms with E-state index in [4.69, 9.17) is 0 Å². The Kier molecular flexibility index (Phi) is 5.08. The largest absolute Gasteiger partial charge is 0.322 e. The molecular weight excluding hydrogens is 372 g/mol. The Morgan fingerprint density at radius 2 is 1.67 bits per heavy atom. The van der Waals surface area contributed by atoms with Crippen molar-refractivity contribution in [3.63, 3.8) is 0 Å². The highest BCUT2D eigenvalue weighted by Gasteiger charge is 2.53. The first-order valence-corrected chi connectivity index (χ1v) is 10.2. The molecule has 1 saturated carbocycles. The van der Waals surface area contributed by atoms with Crippen LogP contribution in [0, 0.1) is 25.5 Å². The van der Waals surface area contributed by atoms with Gasteiger partial charge in [0.2, 0.25) is 5.91 Å². The number of sulfone groups is 1. The van der Waals surface area contributed by atoms with Gasteiger partial charge in [0.05, 0.1) is 10.6 Å². The molecule has 0 atom stereocenters. The number of anilines is 1. The van der Waals surface area contributed by atoms with Gasteiger partial charge in [-0.1, -0.05) is 18.9 Å². The Morgan fingerprint density at radius 3 is 2.26 bits per heavy atom. The number of halogens is 2. The molecule has 1 aliphatic carbocycles. The van der Waals surface area contributed by atoms with Gasteiger partial charge < -0.3 is 5.32 Å². The van der Waals surface area contributed by atoms with E-state index in [1.54, 1.807) is 12.1 Å². The first kappa shape index (κ1) is 19.5. The summed E-state index contributed by atoms with van der Waals surface area (Å²) in [4.78, 5) is 13.1. The zero-order valence-corrected chi connectivity index (χ0v) is 16.0. The predicted molar refractivity (Wildman–Crippen MR) is 99.3 cm³/mol. The van der Waals surface area contributed by atoms with Gasteiger partial charge in [-0.2, -0.15) is 0 Å². The molecule has 0 aromatic heterocycles. The second-order valence-electron chi connectivity index (χ2n) is 7.03. The lowest BCUT2D eigenvalue weighted by atomic mass is 10.1. The minimum Gasteiger partial charge on any atom is -0.322 e. The van der Waals surface area contributed by atoms with E-state index in [1.165, 1.54) is 6.07 Å². The summed E-state index contributed by atoms with van der Waals surface area (Å²) in [6.45, 7) is 3.69. The molecule has 1 aliphatic rings. The van der Waals surface area contributed by atoms with E-state index >= 15 is 0 Å². The average molecular weight is 393 g/mol. The van der Waals surface area contributed by atoms with Gasteiger partial charge in [-0.3, -0.25) is 4.79 Å². The van der Waals surface area contributed by atoms with Crippen molar-refractivity contribution >= 4 is 21.4 Å². The smallest absolute Gasteiger partial charge is 0.246 e. The highest BCUT2D eigenvalue weighted by molar-refractivity contribution is 7.93. The third kappa shape index (κ3) is 3.36. The molecule has 144 valence electrons. The van der Waals surface area contributed by atoms with Crippen molar-refractivity contribution in [2.24, 2.45) is 0 Å². The van der Waals surface area contributed by atoms with E-state index in [9.17, 15) is 22.0 Å². The molecule has 2 aromatic rings. The van der Waals surface area contributed by atoms with Crippen LogP contribution in [0.1, 0.15) is 36.8 Å². The van der Waals surface area contributed by atoms with Gasteiger partial charge in [0.1, 0.15) is 11.6 Å². The minimum absolute atomic E-state index is 0.0854. The fourth-order valence-corrected chi connectivity index (χ4v) is 5.65. The van der Waals surface area contributed by atoms with Crippen molar-refractivity contribution in [2.75, 3.05) is 5.32 Å². The van der Waals surface area contributed by atoms with Crippen LogP contribution in [-0.4, -0.2) is 19.1 Å². The molecule has 3 rings (SSSR count). The highest BCUT2D eigenvalue weighted by atomic mass is 32.2. The van der Waals surface area contributed by atoms with Gasteiger partial charge in [-0.05, 0) is 62.1 Å². The third-order valence-electron chi connectivity index (χ3n) is 5.31. The molecule has 1 amide bonds. The summed E-state index contributed by atoms with van der Waals surface area (Å²) in [6.07, 6.45) is 1.50. The van der Waals surface area contributed by atoms with Gasteiger partial charge in [-0.15, -0.1) is 0 Å². The third-order valence-corrected chi connectivity index (χ3v) is 7.80. The molecule has 0 bridgehead atoms. The van der Waals surface area contributed by atoms with Crippen molar-refractivity contribution in [2.45, 2.75) is 49.2 Å². The minimum atomic E-state index is -3.99. The lowest BCUT2D eigenvalue weighted by Gasteiger charge is -2.28. The van der Waals surface area contributed by atoms with Gasteiger partial charge in [-0.25, -0.2) is 17.2 Å². The van der Waals surface area contributed by atoms with Crippen molar-refractivity contribution < 1.29 is 22.0 Å². The van der Waals surface area contributed by atoms with Crippen molar-refractivity contribution in [1.82, 2.24) is 0 Å². The molecule has 7 heteroatoms. The quantitative estimate of drug-likeness (QED) is 0.842. The molecule has 0 aliphatic heterocycles. The first-order valence-electron chi connectivity index (χ1n) is 8.76. The number of carbonyl (C=O) groups excluding carboxylic acids is 1. The maximum atomic E-state index is 13.9.